The van der Waals surface area contributed by atoms with Gasteiger partial charge in [-0.05, 0) is 43.2 Å². The summed E-state index contributed by atoms with van der Waals surface area (Å²) in [6, 6.07) is 19.7. The van der Waals surface area contributed by atoms with Crippen molar-refractivity contribution < 1.29 is 66.7 Å². The number of imide groups is 2. The Hall–Kier alpha value is -6.78. The van der Waals surface area contributed by atoms with E-state index in [0.717, 1.165) is 54.1 Å². The zero-order chi connectivity index (χ0) is 51.3. The maximum absolute atomic E-state index is 14.0. The number of carbonyl (C=O) groups is 6. The molecule has 0 radical (unpaired) electrons. The number of aromatic nitrogens is 2. The van der Waals surface area contributed by atoms with E-state index < -0.39 is 47.7 Å². The number of hydrogen-bond donors (Lipinski definition) is 2. The topological polar surface area (TPSA) is 217 Å². The Morgan fingerprint density at radius 3 is 2.05 bits per heavy atom. The predicted molar refractivity (Wildman–Crippen MR) is 267 cm³/mol. The van der Waals surface area contributed by atoms with Crippen LogP contribution in [0.4, 0.5) is 0 Å². The first-order valence-corrected chi connectivity index (χ1v) is 25.1. The van der Waals surface area contributed by atoms with Crippen molar-refractivity contribution in [3.63, 3.8) is 0 Å². The van der Waals surface area contributed by atoms with Gasteiger partial charge in [0.15, 0.2) is 5.72 Å². The molecule has 1 unspecified atom stereocenters. The molecule has 388 valence electrons. The van der Waals surface area contributed by atoms with E-state index in [0.29, 0.717) is 71.4 Å². The highest BCUT2D eigenvalue weighted by molar-refractivity contribution is 6.31. The summed E-state index contributed by atoms with van der Waals surface area (Å²) < 4.78 is 52.3. The van der Waals surface area contributed by atoms with E-state index >= 15 is 0 Å². The molecule has 6 amide bonds. The molecule has 0 spiro atoms. The summed E-state index contributed by atoms with van der Waals surface area (Å²) in [4.78, 5) is 80.7. The highest BCUT2D eigenvalue weighted by Gasteiger charge is 2.55. The number of hydrogen-bond acceptors (Lipinski definition) is 14. The quantitative estimate of drug-likeness (QED) is 0.0706. The number of rotatable bonds is 22. The maximum Gasteiger partial charge on any atom is 0.266 e. The van der Waals surface area contributed by atoms with E-state index in [1.165, 1.54) is 6.07 Å². The van der Waals surface area contributed by atoms with Gasteiger partial charge < -0.3 is 57.2 Å². The summed E-state index contributed by atoms with van der Waals surface area (Å²) in [7, 11) is 3.51. The van der Waals surface area contributed by atoms with Crippen LogP contribution in [-0.2, 0) is 59.8 Å². The lowest BCUT2D eigenvalue weighted by atomic mass is 9.91. The van der Waals surface area contributed by atoms with Gasteiger partial charge in [0.2, 0.25) is 17.7 Å². The summed E-state index contributed by atoms with van der Waals surface area (Å²) in [5.74, 6) is -2.29. The number of methoxy groups -OCH3 is 1. The number of fused-ring (bicyclic) bond motifs is 14. The van der Waals surface area contributed by atoms with E-state index in [1.54, 1.807) is 24.1 Å². The summed E-state index contributed by atoms with van der Waals surface area (Å²) >= 11 is 0. The van der Waals surface area contributed by atoms with E-state index in [-0.39, 0.29) is 73.8 Å². The lowest BCUT2D eigenvalue weighted by Crippen LogP contribution is -2.61. The Balaban J connectivity index is 0.598. The first-order valence-electron chi connectivity index (χ1n) is 25.1. The van der Waals surface area contributed by atoms with Gasteiger partial charge in [-0.15, -0.1) is 0 Å². The van der Waals surface area contributed by atoms with Crippen LogP contribution in [0, 0.1) is 0 Å². The highest BCUT2D eigenvalue weighted by Crippen LogP contribution is 2.54. The van der Waals surface area contributed by atoms with E-state index in [1.807, 2.05) is 31.3 Å². The number of para-hydroxylation sites is 2. The molecule has 7 heterocycles. The average molecular weight is 1020 g/mol. The Morgan fingerprint density at radius 1 is 0.743 bits per heavy atom. The summed E-state index contributed by atoms with van der Waals surface area (Å²) in [5.41, 5.74) is 4.74. The van der Waals surface area contributed by atoms with Gasteiger partial charge in [0.25, 0.3) is 17.7 Å². The molecule has 2 saturated heterocycles. The minimum absolute atomic E-state index is 0.0371. The SMILES string of the molecule is CO[C@@H]1[C@H](N(C)C(=O)CCOCCOCCOCCOCCOCCOc2cccc3c2C(=O)N(C2CCC(=O)NC2=O)C3=O)C[C@H]2O[C@]1(C)n1c3ccccc3c3c4c(c5c6ccccc6n2c5c31)C(=O)NC4. The zero-order valence-electron chi connectivity index (χ0n) is 41.5. The van der Waals surface area contributed by atoms with Crippen molar-refractivity contribution in [2.24, 2.45) is 0 Å². The zero-order valence-corrected chi connectivity index (χ0v) is 41.5. The van der Waals surface area contributed by atoms with E-state index in [2.05, 4.69) is 51.0 Å². The third-order valence-electron chi connectivity index (χ3n) is 15.0. The second-order valence-corrected chi connectivity index (χ2v) is 19.1. The first kappa shape index (κ1) is 49.4. The number of nitrogens with one attached hydrogen (secondary N) is 2. The molecule has 5 atom stereocenters. The molecule has 5 aliphatic heterocycles. The smallest absolute Gasteiger partial charge is 0.266 e. The molecule has 20 nitrogen and oxygen atoms in total. The van der Waals surface area contributed by atoms with Gasteiger partial charge in [-0.25, -0.2) is 0 Å². The van der Waals surface area contributed by atoms with Crippen molar-refractivity contribution in [2.45, 2.75) is 69.3 Å². The molecule has 5 aliphatic rings. The van der Waals surface area contributed by atoms with Gasteiger partial charge >= 0.3 is 0 Å². The highest BCUT2D eigenvalue weighted by atomic mass is 16.6. The van der Waals surface area contributed by atoms with Crippen LogP contribution in [0.2, 0.25) is 0 Å². The minimum Gasteiger partial charge on any atom is -0.490 e. The average Bonchev–Trinajstić information content (AvgIpc) is 4.13. The second-order valence-electron chi connectivity index (χ2n) is 19.1. The maximum atomic E-state index is 14.0. The van der Waals surface area contributed by atoms with Crippen LogP contribution in [-0.4, -0.2) is 159 Å². The molecule has 0 aliphatic carbocycles. The van der Waals surface area contributed by atoms with E-state index in [9.17, 15) is 28.8 Å². The monoisotopic (exact) mass is 1010 g/mol. The number of nitrogens with zero attached hydrogens (tertiary/aromatic N) is 4. The van der Waals surface area contributed by atoms with Crippen LogP contribution in [0.1, 0.15) is 75.5 Å². The third-order valence-corrected chi connectivity index (χ3v) is 15.0. The number of piperidine rings is 1. The predicted octanol–water partition coefficient (Wildman–Crippen LogP) is 4.55. The molecular formula is C54H58N6O14. The molecule has 2 N–H and O–H groups in total. The number of likely N-dealkylation sites (N-methyl/N-ethyl adjacent to an activating group) is 1. The second kappa shape index (κ2) is 20.5. The normalized spacial score (nSPS) is 22.0. The minimum atomic E-state index is -1.06. The standard InChI is InChI=1S/C54H58N6O14/c1-54-49(67-3)38(29-42(74-54)58-35-12-6-4-9-31(35)45-46-34(30-55-51(46)64)43-32-10-5-7-13-36(32)60(54)48(43)47(45)58)57(2)41(62)17-18-68-19-20-69-21-22-70-23-24-71-25-26-72-27-28-73-39-14-8-11-33-44(39)53(66)59(52(33)65)37-15-16-40(61)56-50(37)63/h4-14,37-38,42,49H,15-30H2,1-3H3,(H,55,64)(H,56,61,63)/t37?,38-,42-,49-,54+/m1/s1. The van der Waals surface area contributed by atoms with Gasteiger partial charge in [-0.2, -0.15) is 0 Å². The molecule has 6 aromatic rings. The third kappa shape index (κ3) is 8.37. The summed E-state index contributed by atoms with van der Waals surface area (Å²) in [6.45, 7) is 5.75. The number of amides is 6. The Bertz CT molecular complexity index is 3240. The van der Waals surface area contributed by atoms with Crippen molar-refractivity contribution in [3.8, 4) is 5.75 Å². The van der Waals surface area contributed by atoms with Crippen LogP contribution in [0.3, 0.4) is 0 Å². The lowest BCUT2D eigenvalue weighted by Gasteiger charge is -2.50. The van der Waals surface area contributed by atoms with Gasteiger partial charge in [0, 0.05) is 55.1 Å². The number of carbonyl (C=O) groups excluding carboxylic acids is 6. The fraction of sp³-hybridized carbons (Fsp3) is 0.444. The fourth-order valence-electron chi connectivity index (χ4n) is 11.7. The first-order chi connectivity index (χ1) is 36.0. The van der Waals surface area contributed by atoms with Crippen LogP contribution in [0.5, 0.6) is 5.75 Å². The largest absolute Gasteiger partial charge is 0.490 e. The van der Waals surface area contributed by atoms with Gasteiger partial charge in [0.05, 0.1) is 117 Å². The van der Waals surface area contributed by atoms with E-state index in [4.69, 9.17) is 37.9 Å². The van der Waals surface area contributed by atoms with Crippen LogP contribution in [0.15, 0.2) is 66.7 Å². The van der Waals surface area contributed by atoms with Gasteiger partial charge in [-0.1, -0.05) is 42.5 Å². The summed E-state index contributed by atoms with van der Waals surface area (Å²) in [5, 5.41) is 9.27. The molecule has 0 saturated carbocycles. The molecule has 2 aromatic heterocycles. The molecule has 2 fully saturated rings. The Morgan fingerprint density at radius 2 is 1.38 bits per heavy atom. The fourth-order valence-corrected chi connectivity index (χ4v) is 11.7. The molecule has 4 aromatic carbocycles. The van der Waals surface area contributed by atoms with Crippen molar-refractivity contribution in [3.05, 3.63) is 89.0 Å². The Kier molecular flexibility index (Phi) is 13.7. The van der Waals surface area contributed by atoms with Crippen molar-refractivity contribution in [1.29, 1.82) is 0 Å². The molecule has 2 bridgehead atoms. The molecule has 20 heteroatoms. The molecule has 11 rings (SSSR count). The Labute approximate surface area is 424 Å². The lowest BCUT2D eigenvalue weighted by molar-refractivity contribution is -0.266. The van der Waals surface area contributed by atoms with Gasteiger partial charge in [0.1, 0.15) is 30.7 Å². The number of ether oxygens (including phenoxy) is 8. The van der Waals surface area contributed by atoms with Crippen LogP contribution in [0.25, 0.3) is 43.6 Å². The van der Waals surface area contributed by atoms with Crippen LogP contribution < -0.4 is 15.4 Å². The van der Waals surface area contributed by atoms with Crippen molar-refractivity contribution >= 4 is 79.1 Å². The van der Waals surface area contributed by atoms with Crippen molar-refractivity contribution in [1.82, 2.24) is 29.6 Å². The molecule has 74 heavy (non-hydrogen) atoms. The van der Waals surface area contributed by atoms with Crippen molar-refractivity contribution in [2.75, 3.05) is 86.8 Å². The number of benzene rings is 4. The van der Waals surface area contributed by atoms with Crippen LogP contribution >= 0.6 is 0 Å². The molecular weight excluding hydrogens is 957 g/mol. The summed E-state index contributed by atoms with van der Waals surface area (Å²) in [6.07, 6.45) is -0.313. The van der Waals surface area contributed by atoms with Gasteiger partial charge in [-0.3, -0.25) is 39.0 Å².